The van der Waals surface area contributed by atoms with Crippen LogP contribution in [-0.2, 0) is 0 Å². The third kappa shape index (κ3) is 1.49. The van der Waals surface area contributed by atoms with E-state index < -0.39 is 0 Å². The summed E-state index contributed by atoms with van der Waals surface area (Å²) in [4.78, 5) is 4.04. The van der Waals surface area contributed by atoms with E-state index in [9.17, 15) is 0 Å². The largest absolute Gasteiger partial charge is 0.327 e. The van der Waals surface area contributed by atoms with Crippen LogP contribution in [0.15, 0.2) is 16.7 Å². The van der Waals surface area contributed by atoms with Crippen LogP contribution >= 0.6 is 27.5 Å². The number of hydrogen-bond donors (Lipinski definition) is 1. The van der Waals surface area contributed by atoms with Crippen LogP contribution in [-0.4, -0.2) is 11.0 Å². The number of halogens is 2. The van der Waals surface area contributed by atoms with Gasteiger partial charge in [-0.25, -0.2) is 4.98 Å². The Balaban J connectivity index is 2.36. The predicted molar refractivity (Wildman–Crippen MR) is 52.3 cm³/mol. The first-order chi connectivity index (χ1) is 5.68. The van der Waals surface area contributed by atoms with Crippen molar-refractivity contribution in [3.8, 4) is 0 Å². The predicted octanol–water partition coefficient (Wildman–Crippen LogP) is 2.31. The average Bonchev–Trinajstić information content (AvgIpc) is 2.73. The molecular formula is C8H8BrClN2. The van der Waals surface area contributed by atoms with Gasteiger partial charge in [0.05, 0.1) is 0 Å². The molecule has 1 heterocycles. The Labute approximate surface area is 84.3 Å². The summed E-state index contributed by atoms with van der Waals surface area (Å²) in [7, 11) is 0. The first-order valence-electron chi connectivity index (χ1n) is 3.75. The first kappa shape index (κ1) is 8.48. The fourth-order valence-corrected chi connectivity index (χ4v) is 1.86. The topological polar surface area (TPSA) is 38.9 Å². The summed E-state index contributed by atoms with van der Waals surface area (Å²) in [5.41, 5.74) is 6.78. The lowest BCUT2D eigenvalue weighted by Crippen LogP contribution is -2.01. The Morgan fingerprint density at radius 3 is 2.92 bits per heavy atom. The number of rotatable bonds is 1. The zero-order valence-corrected chi connectivity index (χ0v) is 8.64. The summed E-state index contributed by atoms with van der Waals surface area (Å²) < 4.78 is 0.959. The van der Waals surface area contributed by atoms with Gasteiger partial charge >= 0.3 is 0 Å². The Morgan fingerprint density at radius 1 is 1.67 bits per heavy atom. The molecule has 1 aliphatic rings. The van der Waals surface area contributed by atoms with Crippen molar-refractivity contribution < 1.29 is 0 Å². The summed E-state index contributed by atoms with van der Waals surface area (Å²) >= 11 is 9.26. The van der Waals surface area contributed by atoms with E-state index in [2.05, 4.69) is 20.9 Å². The molecule has 0 amide bonds. The molecule has 0 aromatic carbocycles. The lowest BCUT2D eigenvalue weighted by Gasteiger charge is -2.01. The van der Waals surface area contributed by atoms with Gasteiger partial charge in [0.25, 0.3) is 0 Å². The maximum absolute atomic E-state index is 5.91. The van der Waals surface area contributed by atoms with Crippen LogP contribution in [0.3, 0.4) is 0 Å². The highest BCUT2D eigenvalue weighted by molar-refractivity contribution is 9.10. The van der Waals surface area contributed by atoms with Crippen molar-refractivity contribution in [1.29, 1.82) is 0 Å². The molecule has 4 heteroatoms. The normalized spacial score (nSPS) is 27.2. The molecule has 0 radical (unpaired) electrons. The van der Waals surface area contributed by atoms with E-state index in [1.54, 1.807) is 6.20 Å². The first-order valence-corrected chi connectivity index (χ1v) is 4.92. The Bertz CT molecular complexity index is 316. The highest BCUT2D eigenvalue weighted by Crippen LogP contribution is 2.42. The van der Waals surface area contributed by atoms with E-state index in [-0.39, 0.29) is 6.04 Å². The third-order valence-electron chi connectivity index (χ3n) is 2.07. The average molecular weight is 248 g/mol. The van der Waals surface area contributed by atoms with Crippen molar-refractivity contribution >= 4 is 27.5 Å². The summed E-state index contributed by atoms with van der Waals surface area (Å²) in [6.45, 7) is 0. The second-order valence-corrected chi connectivity index (χ2v) is 4.31. The minimum Gasteiger partial charge on any atom is -0.327 e. The van der Waals surface area contributed by atoms with Gasteiger partial charge in [-0.1, -0.05) is 11.6 Å². The van der Waals surface area contributed by atoms with Gasteiger partial charge in [-0.05, 0) is 34.0 Å². The molecule has 0 bridgehead atoms. The van der Waals surface area contributed by atoms with E-state index in [1.165, 1.54) is 0 Å². The Morgan fingerprint density at radius 2 is 2.33 bits per heavy atom. The minimum atomic E-state index is 0.276. The highest BCUT2D eigenvalue weighted by atomic mass is 79.9. The van der Waals surface area contributed by atoms with Crippen molar-refractivity contribution in [2.45, 2.75) is 18.4 Å². The third-order valence-corrected chi connectivity index (χ3v) is 2.82. The highest BCUT2D eigenvalue weighted by Gasteiger charge is 2.36. The van der Waals surface area contributed by atoms with Crippen LogP contribution in [0.4, 0.5) is 0 Å². The quantitative estimate of drug-likeness (QED) is 0.774. The minimum absolute atomic E-state index is 0.276. The zero-order valence-electron chi connectivity index (χ0n) is 6.30. The molecular weight excluding hydrogens is 239 g/mol. The van der Waals surface area contributed by atoms with E-state index in [0.29, 0.717) is 11.1 Å². The number of pyridine rings is 1. The van der Waals surface area contributed by atoms with Gasteiger partial charge in [-0.2, -0.15) is 0 Å². The van der Waals surface area contributed by atoms with Gasteiger partial charge in [-0.15, -0.1) is 0 Å². The van der Waals surface area contributed by atoms with E-state index >= 15 is 0 Å². The Kier molecular flexibility index (Phi) is 2.10. The molecule has 1 fully saturated rings. The van der Waals surface area contributed by atoms with Crippen molar-refractivity contribution in [3.63, 3.8) is 0 Å². The second-order valence-electron chi connectivity index (χ2n) is 3.04. The molecule has 1 aromatic heterocycles. The van der Waals surface area contributed by atoms with Gasteiger partial charge in [0.2, 0.25) is 0 Å². The molecule has 1 aromatic rings. The van der Waals surface area contributed by atoms with Crippen LogP contribution < -0.4 is 5.73 Å². The Hall–Kier alpha value is -0.120. The van der Waals surface area contributed by atoms with Gasteiger partial charge in [-0.3, -0.25) is 0 Å². The SMILES string of the molecule is N[C@@H]1C[C@H]1c1cc(Br)cnc1Cl. The van der Waals surface area contributed by atoms with E-state index in [1.807, 2.05) is 6.07 Å². The van der Waals surface area contributed by atoms with Gasteiger partial charge < -0.3 is 5.73 Å². The molecule has 2 nitrogen and oxygen atoms in total. The molecule has 1 saturated carbocycles. The maximum atomic E-state index is 5.91. The van der Waals surface area contributed by atoms with Gasteiger partial charge in [0.15, 0.2) is 0 Å². The number of nitrogens with zero attached hydrogens (tertiary/aromatic N) is 1. The van der Waals surface area contributed by atoms with E-state index in [0.717, 1.165) is 16.5 Å². The van der Waals surface area contributed by atoms with Crippen LogP contribution in [0.1, 0.15) is 17.9 Å². The maximum Gasteiger partial charge on any atom is 0.132 e. The molecule has 0 saturated heterocycles. The molecule has 0 spiro atoms. The molecule has 0 unspecified atom stereocenters. The fourth-order valence-electron chi connectivity index (χ4n) is 1.27. The smallest absolute Gasteiger partial charge is 0.132 e. The van der Waals surface area contributed by atoms with Crippen LogP contribution in [0, 0.1) is 0 Å². The molecule has 1 aliphatic carbocycles. The van der Waals surface area contributed by atoms with Crippen molar-refractivity contribution in [1.82, 2.24) is 4.98 Å². The molecule has 2 atom stereocenters. The van der Waals surface area contributed by atoms with Crippen molar-refractivity contribution in [3.05, 3.63) is 27.5 Å². The second kappa shape index (κ2) is 2.98. The molecule has 64 valence electrons. The van der Waals surface area contributed by atoms with Gasteiger partial charge in [0.1, 0.15) is 5.15 Å². The summed E-state index contributed by atoms with van der Waals surface area (Å²) in [5, 5.41) is 0.580. The summed E-state index contributed by atoms with van der Waals surface area (Å²) in [6, 6.07) is 2.27. The summed E-state index contributed by atoms with van der Waals surface area (Å²) in [6.07, 6.45) is 2.72. The molecule has 2 rings (SSSR count). The zero-order chi connectivity index (χ0) is 8.72. The molecule has 2 N–H and O–H groups in total. The number of hydrogen-bond acceptors (Lipinski definition) is 2. The van der Waals surface area contributed by atoms with Crippen molar-refractivity contribution in [2.75, 3.05) is 0 Å². The van der Waals surface area contributed by atoms with Crippen LogP contribution in [0.5, 0.6) is 0 Å². The standard InChI is InChI=1S/C8H8BrClN2/c9-4-1-6(5-2-7(5)11)8(10)12-3-4/h1,3,5,7H,2,11H2/t5-,7+/m0/s1. The summed E-state index contributed by atoms with van der Waals surface area (Å²) in [5.74, 6) is 0.419. The fraction of sp³-hybridized carbons (Fsp3) is 0.375. The van der Waals surface area contributed by atoms with E-state index in [4.69, 9.17) is 17.3 Å². The van der Waals surface area contributed by atoms with Crippen molar-refractivity contribution in [2.24, 2.45) is 5.73 Å². The lowest BCUT2D eigenvalue weighted by molar-refractivity contribution is 0.979. The van der Waals surface area contributed by atoms with Gasteiger partial charge in [0, 0.05) is 22.6 Å². The lowest BCUT2D eigenvalue weighted by atomic mass is 10.2. The molecule has 12 heavy (non-hydrogen) atoms. The number of aromatic nitrogens is 1. The molecule has 0 aliphatic heterocycles. The monoisotopic (exact) mass is 246 g/mol. The van der Waals surface area contributed by atoms with Crippen LogP contribution in [0.2, 0.25) is 5.15 Å². The van der Waals surface area contributed by atoms with Crippen LogP contribution in [0.25, 0.3) is 0 Å². The number of nitrogens with two attached hydrogens (primary N) is 1.